The van der Waals surface area contributed by atoms with E-state index in [1.807, 2.05) is 39.8 Å². The molecule has 5 rings (SSSR count). The number of hydrogen-bond acceptors (Lipinski definition) is 4. The Balaban J connectivity index is 1.34. The maximum Gasteiger partial charge on any atom is 0.156 e. The number of piperidine rings is 1. The Morgan fingerprint density at radius 3 is 2.90 bits per heavy atom. The summed E-state index contributed by atoms with van der Waals surface area (Å²) < 4.78 is 17.4. The van der Waals surface area contributed by atoms with Gasteiger partial charge in [0.1, 0.15) is 5.82 Å². The predicted octanol–water partition coefficient (Wildman–Crippen LogP) is 4.13. The van der Waals surface area contributed by atoms with Crippen molar-refractivity contribution >= 4 is 5.65 Å². The minimum Gasteiger partial charge on any atom is -0.298 e. The standard InChI is InChI=1S/C23H25FN6/c1-2-29-14-17(12-25-29)13-28-10-4-6-20(15-28)23-26-22-9-8-19(16-30(22)27-23)18-5-3-7-21(24)11-18/h3,5,7-9,11-12,14,16,20H,2,4,6,10,13,15H2,1H3. The van der Waals surface area contributed by atoms with Crippen LogP contribution in [0.2, 0.25) is 0 Å². The lowest BCUT2D eigenvalue weighted by Crippen LogP contribution is -2.34. The van der Waals surface area contributed by atoms with E-state index in [1.165, 1.54) is 11.6 Å². The summed E-state index contributed by atoms with van der Waals surface area (Å²) in [7, 11) is 0. The summed E-state index contributed by atoms with van der Waals surface area (Å²) in [5.74, 6) is 0.969. The van der Waals surface area contributed by atoms with Gasteiger partial charge in [0, 0.05) is 49.1 Å². The van der Waals surface area contributed by atoms with E-state index < -0.39 is 0 Å². The molecule has 7 heteroatoms. The second-order valence-corrected chi connectivity index (χ2v) is 7.98. The van der Waals surface area contributed by atoms with Gasteiger partial charge in [-0.25, -0.2) is 13.9 Å². The number of rotatable bonds is 5. The summed E-state index contributed by atoms with van der Waals surface area (Å²) in [6.45, 7) is 5.94. The quantitative estimate of drug-likeness (QED) is 0.502. The van der Waals surface area contributed by atoms with Crippen molar-refractivity contribution in [3.63, 3.8) is 0 Å². The smallest absolute Gasteiger partial charge is 0.156 e. The first-order valence-corrected chi connectivity index (χ1v) is 10.5. The van der Waals surface area contributed by atoms with Gasteiger partial charge in [0.25, 0.3) is 0 Å². The average molecular weight is 404 g/mol. The second-order valence-electron chi connectivity index (χ2n) is 7.98. The van der Waals surface area contributed by atoms with Crippen LogP contribution in [0.4, 0.5) is 4.39 Å². The number of fused-ring (bicyclic) bond motifs is 1. The molecule has 0 N–H and O–H groups in total. The predicted molar refractivity (Wildman–Crippen MR) is 114 cm³/mol. The first-order valence-electron chi connectivity index (χ1n) is 10.5. The van der Waals surface area contributed by atoms with E-state index in [-0.39, 0.29) is 5.82 Å². The van der Waals surface area contributed by atoms with Gasteiger partial charge in [-0.2, -0.15) is 10.2 Å². The van der Waals surface area contributed by atoms with Gasteiger partial charge in [-0.1, -0.05) is 12.1 Å². The molecule has 0 bridgehead atoms. The van der Waals surface area contributed by atoms with Crippen molar-refractivity contribution in [3.8, 4) is 11.1 Å². The Morgan fingerprint density at radius 1 is 1.13 bits per heavy atom. The van der Waals surface area contributed by atoms with Crippen LogP contribution >= 0.6 is 0 Å². The van der Waals surface area contributed by atoms with Crippen LogP contribution in [0.5, 0.6) is 0 Å². The monoisotopic (exact) mass is 404 g/mol. The zero-order valence-electron chi connectivity index (χ0n) is 17.1. The van der Waals surface area contributed by atoms with Crippen LogP contribution in [0.1, 0.15) is 37.1 Å². The third-order valence-corrected chi connectivity index (χ3v) is 5.79. The molecule has 1 unspecified atom stereocenters. The summed E-state index contributed by atoms with van der Waals surface area (Å²) in [5, 5.41) is 9.16. The molecule has 154 valence electrons. The van der Waals surface area contributed by atoms with Crippen molar-refractivity contribution in [1.82, 2.24) is 29.3 Å². The molecular weight excluding hydrogens is 379 g/mol. The van der Waals surface area contributed by atoms with Gasteiger partial charge >= 0.3 is 0 Å². The highest BCUT2D eigenvalue weighted by atomic mass is 19.1. The van der Waals surface area contributed by atoms with Crippen molar-refractivity contribution in [2.45, 2.75) is 38.8 Å². The maximum atomic E-state index is 13.6. The van der Waals surface area contributed by atoms with Crippen LogP contribution < -0.4 is 0 Å². The summed E-state index contributed by atoms with van der Waals surface area (Å²) in [6.07, 6.45) is 8.25. The van der Waals surface area contributed by atoms with Crippen LogP contribution in [0.25, 0.3) is 16.8 Å². The Bertz CT molecular complexity index is 1160. The molecule has 0 amide bonds. The molecule has 1 aliphatic heterocycles. The normalized spacial score (nSPS) is 17.6. The fourth-order valence-corrected chi connectivity index (χ4v) is 4.24. The van der Waals surface area contributed by atoms with Gasteiger partial charge in [-0.3, -0.25) is 9.58 Å². The molecule has 30 heavy (non-hydrogen) atoms. The molecule has 0 radical (unpaired) electrons. The molecule has 1 atom stereocenters. The number of aromatic nitrogens is 5. The fourth-order valence-electron chi connectivity index (χ4n) is 4.24. The number of benzene rings is 1. The molecule has 1 aliphatic rings. The summed E-state index contributed by atoms with van der Waals surface area (Å²) in [6, 6.07) is 10.6. The summed E-state index contributed by atoms with van der Waals surface area (Å²) in [5.41, 5.74) is 3.84. The molecular formula is C23H25FN6. The van der Waals surface area contributed by atoms with Crippen molar-refractivity contribution in [2.75, 3.05) is 13.1 Å². The van der Waals surface area contributed by atoms with Gasteiger partial charge in [0.05, 0.1) is 6.20 Å². The Morgan fingerprint density at radius 2 is 2.07 bits per heavy atom. The van der Waals surface area contributed by atoms with Crippen LogP contribution in [0.15, 0.2) is 55.0 Å². The number of pyridine rings is 1. The lowest BCUT2D eigenvalue weighted by Gasteiger charge is -2.30. The summed E-state index contributed by atoms with van der Waals surface area (Å²) >= 11 is 0. The third kappa shape index (κ3) is 3.85. The molecule has 4 heterocycles. The maximum absolute atomic E-state index is 13.6. The fraction of sp³-hybridized carbons (Fsp3) is 0.348. The number of likely N-dealkylation sites (tertiary alicyclic amines) is 1. The molecule has 1 fully saturated rings. The zero-order chi connectivity index (χ0) is 20.5. The van der Waals surface area contributed by atoms with Gasteiger partial charge in [0.15, 0.2) is 11.5 Å². The van der Waals surface area contributed by atoms with Crippen molar-refractivity contribution in [1.29, 1.82) is 0 Å². The highest BCUT2D eigenvalue weighted by Gasteiger charge is 2.25. The number of aryl methyl sites for hydroxylation is 1. The minimum absolute atomic E-state index is 0.237. The van der Waals surface area contributed by atoms with E-state index in [1.54, 1.807) is 12.1 Å². The molecule has 6 nitrogen and oxygen atoms in total. The van der Waals surface area contributed by atoms with Crippen molar-refractivity contribution in [3.05, 3.63) is 72.2 Å². The topological polar surface area (TPSA) is 51.2 Å². The first kappa shape index (κ1) is 18.9. The molecule has 3 aromatic heterocycles. The van der Waals surface area contributed by atoms with Gasteiger partial charge in [-0.05, 0) is 56.1 Å². The molecule has 0 spiro atoms. The lowest BCUT2D eigenvalue weighted by atomic mass is 9.97. The van der Waals surface area contributed by atoms with Gasteiger partial charge in [0.2, 0.25) is 0 Å². The molecule has 1 aromatic carbocycles. The average Bonchev–Trinajstić information content (AvgIpc) is 3.40. The lowest BCUT2D eigenvalue weighted by molar-refractivity contribution is 0.196. The second kappa shape index (κ2) is 7.99. The highest BCUT2D eigenvalue weighted by Crippen LogP contribution is 2.27. The largest absolute Gasteiger partial charge is 0.298 e. The van der Waals surface area contributed by atoms with Crippen LogP contribution in [-0.2, 0) is 13.1 Å². The number of hydrogen-bond donors (Lipinski definition) is 0. The first-order chi connectivity index (χ1) is 14.7. The van der Waals surface area contributed by atoms with E-state index >= 15 is 0 Å². The van der Waals surface area contributed by atoms with Crippen molar-refractivity contribution < 1.29 is 4.39 Å². The molecule has 4 aromatic rings. The van der Waals surface area contributed by atoms with Crippen LogP contribution in [-0.4, -0.2) is 42.4 Å². The van der Waals surface area contributed by atoms with Crippen LogP contribution in [0.3, 0.4) is 0 Å². The van der Waals surface area contributed by atoms with E-state index in [0.29, 0.717) is 5.92 Å². The molecule has 0 aliphatic carbocycles. The molecule has 1 saturated heterocycles. The van der Waals surface area contributed by atoms with Gasteiger partial charge < -0.3 is 0 Å². The summed E-state index contributed by atoms with van der Waals surface area (Å²) in [4.78, 5) is 7.25. The number of nitrogens with zero attached hydrogens (tertiary/aromatic N) is 6. The number of halogens is 1. The highest BCUT2D eigenvalue weighted by molar-refractivity contribution is 5.64. The van der Waals surface area contributed by atoms with E-state index in [9.17, 15) is 4.39 Å². The Kier molecular flexibility index (Phi) is 5.04. The van der Waals surface area contributed by atoms with Gasteiger partial charge in [-0.15, -0.1) is 0 Å². The van der Waals surface area contributed by atoms with E-state index in [2.05, 4.69) is 23.1 Å². The van der Waals surface area contributed by atoms with Crippen molar-refractivity contribution in [2.24, 2.45) is 0 Å². The SMILES string of the molecule is CCn1cc(CN2CCCC(c3nc4ccc(-c5cccc(F)c5)cn4n3)C2)cn1. The minimum atomic E-state index is -0.237. The Labute approximate surface area is 175 Å². The Hall–Kier alpha value is -3.06. The third-order valence-electron chi connectivity index (χ3n) is 5.79. The van der Waals surface area contributed by atoms with E-state index in [0.717, 1.165) is 61.6 Å². The van der Waals surface area contributed by atoms with E-state index in [4.69, 9.17) is 10.1 Å². The van der Waals surface area contributed by atoms with Crippen LogP contribution in [0, 0.1) is 5.82 Å². The zero-order valence-corrected chi connectivity index (χ0v) is 17.1. The molecule has 0 saturated carbocycles.